The molecule has 4 amide bonds. The van der Waals surface area contributed by atoms with Crippen molar-refractivity contribution in [2.75, 3.05) is 5.32 Å². The molecule has 1 saturated heterocycles. The summed E-state index contributed by atoms with van der Waals surface area (Å²) in [7, 11) is 0. The van der Waals surface area contributed by atoms with Gasteiger partial charge in [0.2, 0.25) is 5.91 Å². The number of hydrogen-bond donors (Lipinski definition) is 2. The second-order valence-corrected chi connectivity index (χ2v) is 7.33. The van der Waals surface area contributed by atoms with Crippen molar-refractivity contribution in [3.8, 4) is 0 Å². The number of carbonyl (C=O) groups excluding carboxylic acids is 3. The maximum absolute atomic E-state index is 12.8. The molecular weight excluding hydrogens is 318 g/mol. The summed E-state index contributed by atoms with van der Waals surface area (Å²) < 4.78 is 0. The molecule has 25 heavy (non-hydrogen) atoms. The van der Waals surface area contributed by atoms with Gasteiger partial charge in [-0.05, 0) is 51.7 Å². The van der Waals surface area contributed by atoms with Crippen LogP contribution in [0.25, 0.3) is 0 Å². The predicted molar refractivity (Wildman–Crippen MR) is 95.3 cm³/mol. The van der Waals surface area contributed by atoms with Crippen LogP contribution in [-0.4, -0.2) is 34.3 Å². The second kappa shape index (κ2) is 6.17. The normalized spacial score (nSPS) is 20.1. The molecule has 0 radical (unpaired) electrons. The number of benzene rings is 1. The first kappa shape index (κ1) is 17.5. The third kappa shape index (κ3) is 2.90. The van der Waals surface area contributed by atoms with Gasteiger partial charge in [-0.25, -0.2) is 9.69 Å². The van der Waals surface area contributed by atoms with E-state index in [9.17, 15) is 14.4 Å². The Balaban J connectivity index is 1.79. The smallest absolute Gasteiger partial charge is 0.324 e. The Hall–Kier alpha value is -2.37. The molecule has 2 N–H and O–H groups in total. The maximum atomic E-state index is 12.8. The van der Waals surface area contributed by atoms with Crippen LogP contribution in [0.15, 0.2) is 12.1 Å². The van der Waals surface area contributed by atoms with Crippen LogP contribution in [0, 0.1) is 20.8 Å². The third-order valence-corrected chi connectivity index (χ3v) is 5.34. The summed E-state index contributed by atoms with van der Waals surface area (Å²) in [6.45, 7) is 7.46. The van der Waals surface area contributed by atoms with Crippen molar-refractivity contribution in [3.63, 3.8) is 0 Å². The monoisotopic (exact) mass is 343 g/mol. The van der Waals surface area contributed by atoms with Gasteiger partial charge in [0.1, 0.15) is 11.6 Å². The number of hydrogen-bond acceptors (Lipinski definition) is 3. The summed E-state index contributed by atoms with van der Waals surface area (Å²) in [4.78, 5) is 38.9. The summed E-state index contributed by atoms with van der Waals surface area (Å²) in [6, 6.07) is 2.67. The van der Waals surface area contributed by atoms with Crippen molar-refractivity contribution >= 4 is 23.5 Å². The molecule has 1 aliphatic heterocycles. The number of aryl methyl sites for hydroxylation is 3. The quantitative estimate of drug-likeness (QED) is 0.828. The van der Waals surface area contributed by atoms with E-state index in [2.05, 4.69) is 10.6 Å². The first-order valence-electron chi connectivity index (χ1n) is 8.80. The average Bonchev–Trinajstić information content (AvgIpc) is 3.08. The van der Waals surface area contributed by atoms with E-state index < -0.39 is 17.6 Å². The Kier molecular flexibility index (Phi) is 4.31. The van der Waals surface area contributed by atoms with Gasteiger partial charge in [0, 0.05) is 5.69 Å². The Bertz CT molecular complexity index is 727. The molecule has 3 rings (SSSR count). The molecular formula is C19H25N3O3. The van der Waals surface area contributed by atoms with Crippen LogP contribution >= 0.6 is 0 Å². The largest absolute Gasteiger partial charge is 0.325 e. The van der Waals surface area contributed by atoms with Crippen LogP contribution in [-0.2, 0) is 9.59 Å². The van der Waals surface area contributed by atoms with Gasteiger partial charge < -0.3 is 10.6 Å². The first-order valence-corrected chi connectivity index (χ1v) is 8.80. The van der Waals surface area contributed by atoms with Gasteiger partial charge in [0.15, 0.2) is 0 Å². The van der Waals surface area contributed by atoms with E-state index in [4.69, 9.17) is 0 Å². The van der Waals surface area contributed by atoms with Crippen molar-refractivity contribution < 1.29 is 14.4 Å². The number of nitrogens with zero attached hydrogens (tertiary/aromatic N) is 1. The molecule has 1 heterocycles. The van der Waals surface area contributed by atoms with E-state index in [0.717, 1.165) is 40.1 Å². The highest BCUT2D eigenvalue weighted by atomic mass is 16.2. The molecule has 0 bridgehead atoms. The number of anilines is 1. The van der Waals surface area contributed by atoms with Crippen LogP contribution in [0.3, 0.4) is 0 Å². The van der Waals surface area contributed by atoms with Crippen molar-refractivity contribution in [1.29, 1.82) is 0 Å². The Labute approximate surface area is 148 Å². The van der Waals surface area contributed by atoms with Gasteiger partial charge in [0.05, 0.1) is 0 Å². The van der Waals surface area contributed by atoms with E-state index in [1.165, 1.54) is 0 Å². The molecule has 1 atom stereocenters. The van der Waals surface area contributed by atoms with Crippen molar-refractivity contribution in [2.45, 2.75) is 65.0 Å². The van der Waals surface area contributed by atoms with Gasteiger partial charge in [-0.3, -0.25) is 9.59 Å². The van der Waals surface area contributed by atoms with Gasteiger partial charge in [-0.2, -0.15) is 0 Å². The minimum absolute atomic E-state index is 0.269. The molecule has 1 unspecified atom stereocenters. The molecule has 1 spiro atoms. The summed E-state index contributed by atoms with van der Waals surface area (Å²) in [5.41, 5.74) is 3.00. The highest BCUT2D eigenvalue weighted by molar-refractivity contribution is 6.11. The van der Waals surface area contributed by atoms with E-state index in [-0.39, 0.29) is 11.8 Å². The number of imide groups is 1. The number of rotatable bonds is 3. The van der Waals surface area contributed by atoms with E-state index in [0.29, 0.717) is 12.8 Å². The number of carbonyl (C=O) groups is 3. The SMILES string of the molecule is Cc1cc(C)c(NC(=O)C(C)N2C(=O)NC3(CCCC3)C2=O)c(C)c1. The predicted octanol–water partition coefficient (Wildman–Crippen LogP) is 2.80. The molecule has 1 aromatic carbocycles. The Morgan fingerprint density at radius 1 is 1.16 bits per heavy atom. The van der Waals surface area contributed by atoms with Crippen molar-refractivity contribution in [2.24, 2.45) is 0 Å². The van der Waals surface area contributed by atoms with Crippen molar-refractivity contribution in [3.05, 3.63) is 28.8 Å². The van der Waals surface area contributed by atoms with Gasteiger partial charge in [-0.1, -0.05) is 30.5 Å². The second-order valence-electron chi connectivity index (χ2n) is 7.33. The highest BCUT2D eigenvalue weighted by Gasteiger charge is 2.54. The van der Waals surface area contributed by atoms with Crippen LogP contribution in [0.5, 0.6) is 0 Å². The van der Waals surface area contributed by atoms with E-state index in [1.54, 1.807) is 6.92 Å². The lowest BCUT2D eigenvalue weighted by Crippen LogP contribution is -2.48. The third-order valence-electron chi connectivity index (χ3n) is 5.34. The molecule has 6 heteroatoms. The minimum Gasteiger partial charge on any atom is -0.324 e. The lowest BCUT2D eigenvalue weighted by molar-refractivity contribution is -0.136. The molecule has 0 aromatic heterocycles. The summed E-state index contributed by atoms with van der Waals surface area (Å²) in [5, 5.41) is 5.71. The number of nitrogens with one attached hydrogen (secondary N) is 2. The van der Waals surface area contributed by atoms with Crippen molar-refractivity contribution in [1.82, 2.24) is 10.2 Å². The molecule has 1 saturated carbocycles. The fourth-order valence-electron chi connectivity index (χ4n) is 4.03. The van der Waals surface area contributed by atoms with Crippen LogP contribution in [0.4, 0.5) is 10.5 Å². The maximum Gasteiger partial charge on any atom is 0.325 e. The molecule has 1 aliphatic carbocycles. The van der Waals surface area contributed by atoms with Gasteiger partial charge in [0.25, 0.3) is 5.91 Å². The highest BCUT2D eigenvalue weighted by Crippen LogP contribution is 2.36. The minimum atomic E-state index is -0.854. The zero-order valence-corrected chi connectivity index (χ0v) is 15.2. The zero-order valence-electron chi connectivity index (χ0n) is 15.2. The van der Waals surface area contributed by atoms with E-state index >= 15 is 0 Å². The standard InChI is InChI=1S/C19H25N3O3/c1-11-9-12(2)15(13(3)10-11)20-16(23)14(4)22-17(24)19(21-18(22)25)7-5-6-8-19/h9-10,14H,5-8H2,1-4H3,(H,20,23)(H,21,25). The van der Waals surface area contributed by atoms with Gasteiger partial charge >= 0.3 is 6.03 Å². The molecule has 6 nitrogen and oxygen atoms in total. The summed E-state index contributed by atoms with van der Waals surface area (Å²) in [5.74, 6) is -0.622. The first-order chi connectivity index (χ1) is 11.7. The lowest BCUT2D eigenvalue weighted by atomic mass is 9.97. The molecule has 1 aromatic rings. The summed E-state index contributed by atoms with van der Waals surface area (Å²) in [6.07, 6.45) is 3.14. The Morgan fingerprint density at radius 2 is 1.72 bits per heavy atom. The number of amides is 4. The number of urea groups is 1. The van der Waals surface area contributed by atoms with Crippen LogP contribution in [0.1, 0.15) is 49.3 Å². The zero-order chi connectivity index (χ0) is 18.4. The average molecular weight is 343 g/mol. The van der Waals surface area contributed by atoms with Crippen LogP contribution in [0.2, 0.25) is 0 Å². The van der Waals surface area contributed by atoms with E-state index in [1.807, 2.05) is 32.9 Å². The fraction of sp³-hybridized carbons (Fsp3) is 0.526. The van der Waals surface area contributed by atoms with Crippen LogP contribution < -0.4 is 10.6 Å². The lowest BCUT2D eigenvalue weighted by Gasteiger charge is -2.24. The molecule has 2 fully saturated rings. The summed E-state index contributed by atoms with van der Waals surface area (Å²) >= 11 is 0. The molecule has 2 aliphatic rings. The van der Waals surface area contributed by atoms with Gasteiger partial charge in [-0.15, -0.1) is 0 Å². The molecule has 134 valence electrons. The topological polar surface area (TPSA) is 78.5 Å². The Morgan fingerprint density at radius 3 is 2.28 bits per heavy atom. The fourth-order valence-corrected chi connectivity index (χ4v) is 4.03.